The zero-order valence-electron chi connectivity index (χ0n) is 16.0. The number of ether oxygens (including phenoxy) is 1. The summed E-state index contributed by atoms with van der Waals surface area (Å²) in [5.41, 5.74) is 0.0868. The van der Waals surface area contributed by atoms with Gasteiger partial charge in [-0.25, -0.2) is 4.79 Å². The molecule has 132 valence electrons. The Morgan fingerprint density at radius 1 is 1.00 bits per heavy atom. The minimum absolute atomic E-state index is 0.0922. The lowest BCUT2D eigenvalue weighted by Gasteiger charge is -2.32. The van der Waals surface area contributed by atoms with Crippen LogP contribution in [0.2, 0.25) is 0 Å². The zero-order chi connectivity index (χ0) is 17.4. The quantitative estimate of drug-likeness (QED) is 0.635. The summed E-state index contributed by atoms with van der Waals surface area (Å²) in [6, 6.07) is -0.0922. The minimum Gasteiger partial charge on any atom is -0.375 e. The van der Waals surface area contributed by atoms with Crippen LogP contribution in [0.5, 0.6) is 0 Å². The lowest BCUT2D eigenvalue weighted by Crippen LogP contribution is -2.40. The van der Waals surface area contributed by atoms with E-state index >= 15 is 0 Å². The molecule has 0 saturated carbocycles. The molecular weight excluding hydrogens is 276 g/mol. The Hall–Kier alpha value is -0.770. The summed E-state index contributed by atoms with van der Waals surface area (Å²) < 4.78 is 6.02. The van der Waals surface area contributed by atoms with Gasteiger partial charge in [0.15, 0.2) is 0 Å². The van der Waals surface area contributed by atoms with Crippen molar-refractivity contribution in [3.63, 3.8) is 0 Å². The standard InChI is InChI=1S/C18H38N2O2/c1-14(2)13-20-16(21)19-11-9-18(7,8)22-12-10-17(5,6)15(3)4/h14-15H,9-13H2,1-8H3,(H2,19,20,21). The van der Waals surface area contributed by atoms with E-state index in [0.717, 1.165) is 19.4 Å². The van der Waals surface area contributed by atoms with Crippen molar-refractivity contribution >= 4 is 6.03 Å². The van der Waals surface area contributed by atoms with Crippen LogP contribution in [0, 0.1) is 17.3 Å². The Labute approximate surface area is 137 Å². The van der Waals surface area contributed by atoms with Crippen molar-refractivity contribution in [2.45, 2.75) is 73.8 Å². The Morgan fingerprint density at radius 2 is 1.59 bits per heavy atom. The third-order valence-corrected chi connectivity index (χ3v) is 4.49. The van der Waals surface area contributed by atoms with Crippen LogP contribution in [0.15, 0.2) is 0 Å². The average Bonchev–Trinajstić information content (AvgIpc) is 2.35. The van der Waals surface area contributed by atoms with E-state index in [1.807, 2.05) is 0 Å². The van der Waals surface area contributed by atoms with E-state index in [2.05, 4.69) is 66.0 Å². The van der Waals surface area contributed by atoms with Crippen LogP contribution in [0.3, 0.4) is 0 Å². The van der Waals surface area contributed by atoms with Crippen LogP contribution in [0.4, 0.5) is 4.79 Å². The molecule has 0 aliphatic rings. The molecule has 0 spiro atoms. The summed E-state index contributed by atoms with van der Waals surface area (Å²) in [6.07, 6.45) is 1.86. The molecule has 0 aliphatic carbocycles. The number of nitrogens with one attached hydrogen (secondary N) is 2. The van der Waals surface area contributed by atoms with Gasteiger partial charge in [-0.05, 0) is 43.9 Å². The largest absolute Gasteiger partial charge is 0.375 e. The fourth-order valence-electron chi connectivity index (χ4n) is 1.79. The van der Waals surface area contributed by atoms with Crippen molar-refractivity contribution in [3.05, 3.63) is 0 Å². The third kappa shape index (κ3) is 10.0. The molecule has 0 fully saturated rings. The Balaban J connectivity index is 3.93. The number of carbonyl (C=O) groups is 1. The van der Waals surface area contributed by atoms with Crippen LogP contribution in [0.1, 0.15) is 68.2 Å². The second-order valence-electron chi connectivity index (χ2n) is 8.28. The second-order valence-corrected chi connectivity index (χ2v) is 8.28. The maximum atomic E-state index is 11.6. The maximum absolute atomic E-state index is 11.6. The van der Waals surface area contributed by atoms with Gasteiger partial charge in [-0.1, -0.05) is 41.5 Å². The van der Waals surface area contributed by atoms with Gasteiger partial charge < -0.3 is 15.4 Å². The van der Waals surface area contributed by atoms with Crippen molar-refractivity contribution in [1.82, 2.24) is 10.6 Å². The van der Waals surface area contributed by atoms with Crippen molar-refractivity contribution in [2.75, 3.05) is 19.7 Å². The summed E-state index contributed by atoms with van der Waals surface area (Å²) in [6.45, 7) is 19.5. The number of amides is 2. The van der Waals surface area contributed by atoms with Gasteiger partial charge in [0.05, 0.1) is 5.60 Å². The molecule has 0 bridgehead atoms. The molecular formula is C18H38N2O2. The first kappa shape index (κ1) is 21.2. The van der Waals surface area contributed by atoms with Crippen molar-refractivity contribution in [2.24, 2.45) is 17.3 Å². The SMILES string of the molecule is CC(C)CNC(=O)NCCC(C)(C)OCCC(C)(C)C(C)C. The fraction of sp³-hybridized carbons (Fsp3) is 0.944. The first-order valence-corrected chi connectivity index (χ1v) is 8.62. The monoisotopic (exact) mass is 314 g/mol. The van der Waals surface area contributed by atoms with Crippen molar-refractivity contribution in [1.29, 1.82) is 0 Å². The second kappa shape index (κ2) is 9.39. The molecule has 4 nitrogen and oxygen atoms in total. The first-order valence-electron chi connectivity index (χ1n) is 8.62. The number of rotatable bonds is 10. The molecule has 0 aliphatic heterocycles. The molecule has 0 rings (SSSR count). The van der Waals surface area contributed by atoms with Crippen LogP contribution >= 0.6 is 0 Å². The lowest BCUT2D eigenvalue weighted by molar-refractivity contribution is -0.0371. The molecule has 0 saturated heterocycles. The van der Waals surface area contributed by atoms with E-state index < -0.39 is 0 Å². The summed E-state index contributed by atoms with van der Waals surface area (Å²) in [4.78, 5) is 11.6. The highest BCUT2D eigenvalue weighted by Crippen LogP contribution is 2.30. The van der Waals surface area contributed by atoms with Crippen LogP contribution in [-0.4, -0.2) is 31.3 Å². The predicted octanol–water partition coefficient (Wildman–Crippen LogP) is 4.20. The van der Waals surface area contributed by atoms with Crippen LogP contribution in [-0.2, 0) is 4.74 Å². The zero-order valence-corrected chi connectivity index (χ0v) is 16.0. The number of urea groups is 1. The Bertz CT molecular complexity index is 323. The van der Waals surface area contributed by atoms with Crippen molar-refractivity contribution < 1.29 is 9.53 Å². The van der Waals surface area contributed by atoms with Gasteiger partial charge in [-0.15, -0.1) is 0 Å². The molecule has 0 unspecified atom stereocenters. The molecule has 0 aromatic heterocycles. The van der Waals surface area contributed by atoms with E-state index in [9.17, 15) is 4.79 Å². The van der Waals surface area contributed by atoms with Gasteiger partial charge in [0, 0.05) is 19.7 Å². The Morgan fingerprint density at radius 3 is 2.09 bits per heavy atom. The van der Waals surface area contributed by atoms with E-state index in [1.165, 1.54) is 0 Å². The van der Waals surface area contributed by atoms with E-state index in [1.54, 1.807) is 0 Å². The smallest absolute Gasteiger partial charge is 0.314 e. The van der Waals surface area contributed by atoms with Gasteiger partial charge in [0.25, 0.3) is 0 Å². The molecule has 0 radical (unpaired) electrons. The molecule has 0 heterocycles. The molecule has 0 aromatic carbocycles. The van der Waals surface area contributed by atoms with E-state index in [-0.39, 0.29) is 11.6 Å². The molecule has 2 amide bonds. The summed E-state index contributed by atoms with van der Waals surface area (Å²) >= 11 is 0. The molecule has 22 heavy (non-hydrogen) atoms. The highest BCUT2D eigenvalue weighted by atomic mass is 16.5. The number of hydrogen-bond acceptors (Lipinski definition) is 2. The fourth-order valence-corrected chi connectivity index (χ4v) is 1.79. The predicted molar refractivity (Wildman–Crippen MR) is 94.1 cm³/mol. The van der Waals surface area contributed by atoms with Gasteiger partial charge >= 0.3 is 6.03 Å². The topological polar surface area (TPSA) is 50.4 Å². The average molecular weight is 315 g/mol. The summed E-state index contributed by atoms with van der Waals surface area (Å²) in [5.74, 6) is 1.11. The van der Waals surface area contributed by atoms with Gasteiger partial charge in [0.2, 0.25) is 0 Å². The molecule has 4 heteroatoms. The highest BCUT2D eigenvalue weighted by molar-refractivity contribution is 5.73. The van der Waals surface area contributed by atoms with Crippen LogP contribution < -0.4 is 10.6 Å². The molecule has 0 aromatic rings. The molecule has 0 atom stereocenters. The maximum Gasteiger partial charge on any atom is 0.314 e. The van der Waals surface area contributed by atoms with E-state index in [0.29, 0.717) is 30.3 Å². The number of hydrogen-bond donors (Lipinski definition) is 2. The van der Waals surface area contributed by atoms with Gasteiger partial charge in [0.1, 0.15) is 0 Å². The van der Waals surface area contributed by atoms with Gasteiger partial charge in [-0.2, -0.15) is 0 Å². The van der Waals surface area contributed by atoms with Crippen LogP contribution in [0.25, 0.3) is 0 Å². The summed E-state index contributed by atoms with van der Waals surface area (Å²) in [5, 5.41) is 5.74. The summed E-state index contributed by atoms with van der Waals surface area (Å²) in [7, 11) is 0. The van der Waals surface area contributed by atoms with Crippen molar-refractivity contribution in [3.8, 4) is 0 Å². The highest BCUT2D eigenvalue weighted by Gasteiger charge is 2.24. The third-order valence-electron chi connectivity index (χ3n) is 4.49. The first-order chi connectivity index (χ1) is 9.96. The Kier molecular flexibility index (Phi) is 9.06. The lowest BCUT2D eigenvalue weighted by atomic mass is 9.78. The minimum atomic E-state index is -0.210. The van der Waals surface area contributed by atoms with E-state index in [4.69, 9.17) is 4.74 Å². The van der Waals surface area contributed by atoms with Gasteiger partial charge in [-0.3, -0.25) is 0 Å². The normalized spacial score (nSPS) is 12.8. The number of carbonyl (C=O) groups excluding carboxylic acids is 1. The molecule has 2 N–H and O–H groups in total.